The zero-order valence-electron chi connectivity index (χ0n) is 23.0. The number of nitrogens with zero attached hydrogens (tertiary/aromatic N) is 4. The van der Waals surface area contributed by atoms with Gasteiger partial charge in [0.2, 0.25) is 0 Å². The molecule has 0 aliphatic carbocycles. The molecule has 0 amide bonds. The monoisotopic (exact) mass is 550 g/mol. The second-order valence-corrected chi connectivity index (χ2v) is 9.63. The predicted molar refractivity (Wildman–Crippen MR) is 153 cm³/mol. The summed E-state index contributed by atoms with van der Waals surface area (Å²) in [5, 5.41) is 18.4. The van der Waals surface area contributed by atoms with Crippen molar-refractivity contribution in [2.75, 3.05) is 13.7 Å². The first kappa shape index (κ1) is 27.5. The van der Waals surface area contributed by atoms with Crippen molar-refractivity contribution in [1.82, 2.24) is 14.8 Å². The van der Waals surface area contributed by atoms with E-state index < -0.39 is 5.97 Å². The minimum absolute atomic E-state index is 0.245. The Balaban J connectivity index is 1.20. The van der Waals surface area contributed by atoms with Crippen molar-refractivity contribution in [2.45, 2.75) is 39.2 Å². The minimum Gasteiger partial charge on any atom is -0.493 e. The Morgan fingerprint density at radius 3 is 2.41 bits per heavy atom. The molecule has 9 nitrogen and oxygen atoms in total. The molecule has 41 heavy (non-hydrogen) atoms. The van der Waals surface area contributed by atoms with E-state index in [0.717, 1.165) is 49.4 Å². The Morgan fingerprint density at radius 2 is 1.68 bits per heavy atom. The van der Waals surface area contributed by atoms with E-state index in [1.807, 2.05) is 35.8 Å². The third kappa shape index (κ3) is 6.92. The van der Waals surface area contributed by atoms with Crippen molar-refractivity contribution >= 4 is 17.6 Å². The topological polar surface area (TPSA) is 108 Å². The fourth-order valence-electron chi connectivity index (χ4n) is 4.50. The van der Waals surface area contributed by atoms with Gasteiger partial charge in [-0.05, 0) is 79.9 Å². The van der Waals surface area contributed by atoms with Gasteiger partial charge >= 0.3 is 5.97 Å². The number of nitriles is 1. The Bertz CT molecular complexity index is 1580. The number of allylic oxidation sites excluding steroid dienone is 1. The summed E-state index contributed by atoms with van der Waals surface area (Å²) in [6, 6.07) is 22.1. The lowest BCUT2D eigenvalue weighted by Gasteiger charge is -2.11. The number of aryl methyl sites for hydroxylation is 2. The summed E-state index contributed by atoms with van der Waals surface area (Å²) in [7, 11) is 1.49. The summed E-state index contributed by atoms with van der Waals surface area (Å²) in [6.45, 7) is 2.52. The number of benzene rings is 3. The van der Waals surface area contributed by atoms with E-state index in [4.69, 9.17) is 18.9 Å². The van der Waals surface area contributed by atoms with Gasteiger partial charge < -0.3 is 23.5 Å². The molecule has 3 aromatic carbocycles. The molecule has 1 aliphatic rings. The van der Waals surface area contributed by atoms with Crippen molar-refractivity contribution < 1.29 is 23.7 Å². The third-order valence-corrected chi connectivity index (χ3v) is 6.63. The zero-order valence-corrected chi connectivity index (χ0v) is 23.0. The maximum absolute atomic E-state index is 12.5. The second-order valence-electron chi connectivity index (χ2n) is 9.63. The number of esters is 1. The molecule has 2 heterocycles. The highest BCUT2D eigenvalue weighted by molar-refractivity contribution is 5.87. The van der Waals surface area contributed by atoms with Gasteiger partial charge in [-0.15, -0.1) is 10.2 Å². The second kappa shape index (κ2) is 12.8. The van der Waals surface area contributed by atoms with E-state index in [2.05, 4.69) is 16.3 Å². The maximum atomic E-state index is 12.5. The van der Waals surface area contributed by atoms with Gasteiger partial charge in [-0.25, -0.2) is 4.79 Å². The van der Waals surface area contributed by atoms with Crippen molar-refractivity contribution in [3.8, 4) is 34.8 Å². The van der Waals surface area contributed by atoms with Crippen LogP contribution in [0.4, 0.5) is 0 Å². The van der Waals surface area contributed by atoms with Gasteiger partial charge in [-0.3, -0.25) is 0 Å². The van der Waals surface area contributed by atoms with E-state index in [0.29, 0.717) is 34.2 Å². The Labute approximate surface area is 238 Å². The molecule has 0 saturated heterocycles. The van der Waals surface area contributed by atoms with Crippen LogP contribution in [0.15, 0.2) is 66.7 Å². The summed E-state index contributed by atoms with van der Waals surface area (Å²) < 4.78 is 24.4. The van der Waals surface area contributed by atoms with Crippen LogP contribution in [-0.2, 0) is 17.8 Å². The first-order chi connectivity index (χ1) is 20.0. The number of rotatable bonds is 9. The van der Waals surface area contributed by atoms with Crippen molar-refractivity contribution in [1.29, 1.82) is 5.26 Å². The van der Waals surface area contributed by atoms with E-state index in [-0.39, 0.29) is 12.4 Å². The maximum Gasteiger partial charge on any atom is 0.349 e. The van der Waals surface area contributed by atoms with Crippen LogP contribution in [0.2, 0.25) is 0 Å². The average Bonchev–Trinajstić information content (AvgIpc) is 3.24. The summed E-state index contributed by atoms with van der Waals surface area (Å²) >= 11 is 0. The number of aromatic nitrogens is 3. The van der Waals surface area contributed by atoms with E-state index in [1.165, 1.54) is 7.11 Å². The summed E-state index contributed by atoms with van der Waals surface area (Å²) in [6.07, 6.45) is 5.82. The number of carbonyl (C=O) groups excluding carboxylic acids is 1. The smallest absolute Gasteiger partial charge is 0.349 e. The molecule has 0 saturated carbocycles. The molecule has 9 heteroatoms. The fraction of sp³-hybridized carbons (Fsp3) is 0.250. The molecule has 208 valence electrons. The quantitative estimate of drug-likeness (QED) is 0.138. The lowest BCUT2D eigenvalue weighted by Crippen LogP contribution is -2.18. The van der Waals surface area contributed by atoms with Crippen LogP contribution >= 0.6 is 0 Å². The molecular weight excluding hydrogens is 520 g/mol. The van der Waals surface area contributed by atoms with Gasteiger partial charge in [-0.2, -0.15) is 5.26 Å². The van der Waals surface area contributed by atoms with Gasteiger partial charge in [0, 0.05) is 13.0 Å². The first-order valence-corrected chi connectivity index (χ1v) is 13.4. The zero-order chi connectivity index (χ0) is 28.6. The predicted octanol–water partition coefficient (Wildman–Crippen LogP) is 6.16. The molecule has 0 fully saturated rings. The van der Waals surface area contributed by atoms with E-state index in [1.54, 1.807) is 48.5 Å². The molecule has 1 aromatic heterocycles. The standard InChI is InChI=1S/C32H30N4O5/c1-22-7-10-26(11-8-22)40-27-14-12-25(13-15-27)39-21-31(37)41-28-16-9-23(19-29(28)38-2)18-24(20-33)32-35-34-30-6-4-3-5-17-36(30)32/h7-16,18-19H,3-6,17,21H2,1-2H3/b24-18+. The van der Waals surface area contributed by atoms with Crippen molar-refractivity contribution in [3.05, 3.63) is 89.5 Å². The van der Waals surface area contributed by atoms with Crippen LogP contribution in [0.25, 0.3) is 11.6 Å². The SMILES string of the molecule is COc1cc(/C=C(\C#N)c2nnc3n2CCCCC3)ccc1OC(=O)COc1ccc(Oc2ccc(C)cc2)cc1. The van der Waals surface area contributed by atoms with E-state index in [9.17, 15) is 10.1 Å². The van der Waals surface area contributed by atoms with Crippen molar-refractivity contribution in [2.24, 2.45) is 0 Å². The molecular formula is C32H30N4O5. The van der Waals surface area contributed by atoms with Crippen LogP contribution in [-0.4, -0.2) is 34.5 Å². The van der Waals surface area contributed by atoms with Crippen LogP contribution in [0.3, 0.4) is 0 Å². The molecule has 0 bridgehead atoms. The van der Waals surface area contributed by atoms with Crippen LogP contribution in [0.5, 0.6) is 28.7 Å². The third-order valence-electron chi connectivity index (χ3n) is 6.63. The molecule has 0 N–H and O–H groups in total. The first-order valence-electron chi connectivity index (χ1n) is 13.4. The highest BCUT2D eigenvalue weighted by Gasteiger charge is 2.18. The summed E-state index contributed by atoms with van der Waals surface area (Å²) in [5.41, 5.74) is 2.26. The Morgan fingerprint density at radius 1 is 0.951 bits per heavy atom. The number of carbonyl (C=O) groups is 1. The molecule has 0 atom stereocenters. The Kier molecular flexibility index (Phi) is 8.60. The average molecular weight is 551 g/mol. The molecule has 0 unspecified atom stereocenters. The van der Waals surface area contributed by atoms with Gasteiger partial charge in [-0.1, -0.05) is 30.2 Å². The number of ether oxygens (including phenoxy) is 4. The van der Waals surface area contributed by atoms with Crippen molar-refractivity contribution in [3.63, 3.8) is 0 Å². The molecule has 1 aliphatic heterocycles. The number of methoxy groups -OCH3 is 1. The molecule has 5 rings (SSSR count). The molecule has 4 aromatic rings. The summed E-state index contributed by atoms with van der Waals surface area (Å²) in [4.78, 5) is 12.5. The highest BCUT2D eigenvalue weighted by atomic mass is 16.6. The van der Waals surface area contributed by atoms with E-state index >= 15 is 0 Å². The minimum atomic E-state index is -0.588. The molecule has 0 spiro atoms. The van der Waals surface area contributed by atoms with Gasteiger partial charge in [0.1, 0.15) is 29.1 Å². The Hall–Kier alpha value is -5.10. The van der Waals surface area contributed by atoms with Crippen LogP contribution in [0, 0.1) is 18.3 Å². The highest BCUT2D eigenvalue weighted by Crippen LogP contribution is 2.31. The van der Waals surface area contributed by atoms with Crippen LogP contribution < -0.4 is 18.9 Å². The largest absolute Gasteiger partial charge is 0.493 e. The summed E-state index contributed by atoms with van der Waals surface area (Å²) in [5.74, 6) is 3.37. The van der Waals surface area contributed by atoms with Gasteiger partial charge in [0.05, 0.1) is 12.7 Å². The lowest BCUT2D eigenvalue weighted by molar-refractivity contribution is -0.136. The molecule has 0 radical (unpaired) electrons. The number of fused-ring (bicyclic) bond motifs is 1. The normalized spacial score (nSPS) is 13.0. The number of hydrogen-bond acceptors (Lipinski definition) is 8. The lowest BCUT2D eigenvalue weighted by atomic mass is 10.1. The van der Waals surface area contributed by atoms with Crippen LogP contribution in [0.1, 0.15) is 42.0 Å². The van der Waals surface area contributed by atoms with Gasteiger partial charge in [0.15, 0.2) is 23.9 Å². The number of hydrogen-bond donors (Lipinski definition) is 0. The fourth-order valence-corrected chi connectivity index (χ4v) is 4.50. The van der Waals surface area contributed by atoms with Gasteiger partial charge in [0.25, 0.3) is 0 Å².